The lowest BCUT2D eigenvalue weighted by molar-refractivity contribution is -0.385. The first-order valence-corrected chi connectivity index (χ1v) is 8.46. The molecule has 0 aliphatic carbocycles. The lowest BCUT2D eigenvalue weighted by Gasteiger charge is -2.17. The number of hydrogen-bond donors (Lipinski definition) is 0. The minimum atomic E-state index is -4.32. The Hall–Kier alpha value is -1.38. The lowest BCUT2D eigenvalue weighted by atomic mass is 10.1. The number of amides is 1. The van der Waals surface area contributed by atoms with Crippen LogP contribution in [-0.4, -0.2) is 37.7 Å². The van der Waals surface area contributed by atoms with Gasteiger partial charge in [-0.15, -0.1) is 0 Å². The molecule has 1 rings (SSSR count). The van der Waals surface area contributed by atoms with Crippen molar-refractivity contribution in [1.29, 1.82) is 0 Å². The van der Waals surface area contributed by atoms with Crippen LogP contribution >= 0.6 is 22.3 Å². The number of carbonyl (C=O) groups excluding carboxylic acids is 1. The van der Waals surface area contributed by atoms with Gasteiger partial charge in [0.1, 0.15) is 4.90 Å². The molecule has 0 spiro atoms. The summed E-state index contributed by atoms with van der Waals surface area (Å²) in [6, 6.07) is 1.66. The number of carbonyl (C=O) groups is 1. The summed E-state index contributed by atoms with van der Waals surface area (Å²) in [4.78, 5) is 22.9. The molecular weight excluding hydrogens is 343 g/mol. The Kier molecular flexibility index (Phi) is 5.54. The van der Waals surface area contributed by atoms with Crippen LogP contribution in [0.15, 0.2) is 17.0 Å². The Morgan fingerprint density at radius 1 is 1.43 bits per heavy atom. The van der Waals surface area contributed by atoms with Crippen LogP contribution in [0.2, 0.25) is 5.02 Å². The monoisotopic (exact) mass is 354 g/mol. The summed E-state index contributed by atoms with van der Waals surface area (Å²) in [5.41, 5.74) is -0.854. The van der Waals surface area contributed by atoms with Crippen LogP contribution in [0.3, 0.4) is 0 Å². The normalized spacial score (nSPS) is 11.2. The van der Waals surface area contributed by atoms with E-state index in [2.05, 4.69) is 0 Å². The van der Waals surface area contributed by atoms with Gasteiger partial charge in [-0.3, -0.25) is 14.9 Å². The zero-order valence-electron chi connectivity index (χ0n) is 11.2. The molecule has 0 radical (unpaired) electrons. The lowest BCUT2D eigenvalue weighted by Crippen LogP contribution is -2.28. The molecular formula is C11H12Cl2N2O5S. The highest BCUT2D eigenvalue weighted by atomic mass is 35.7. The van der Waals surface area contributed by atoms with Crippen molar-refractivity contribution in [3.63, 3.8) is 0 Å². The molecule has 0 aliphatic heterocycles. The predicted octanol–water partition coefficient (Wildman–Crippen LogP) is 2.66. The Bertz CT molecular complexity index is 690. The van der Waals surface area contributed by atoms with Gasteiger partial charge in [-0.2, -0.15) is 0 Å². The number of nitro benzene ring substituents is 1. The molecule has 0 atom stereocenters. The van der Waals surface area contributed by atoms with Gasteiger partial charge in [0, 0.05) is 36.4 Å². The second-order valence-electron chi connectivity index (χ2n) is 4.23. The molecule has 7 nitrogen and oxygen atoms in total. The molecule has 0 unspecified atom stereocenters. The predicted molar refractivity (Wildman–Crippen MR) is 78.4 cm³/mol. The quantitative estimate of drug-likeness (QED) is 0.459. The van der Waals surface area contributed by atoms with Crippen molar-refractivity contribution in [1.82, 2.24) is 4.90 Å². The van der Waals surface area contributed by atoms with Gasteiger partial charge in [-0.25, -0.2) is 8.42 Å². The van der Waals surface area contributed by atoms with Crippen molar-refractivity contribution in [3.8, 4) is 0 Å². The van der Waals surface area contributed by atoms with E-state index in [0.717, 1.165) is 12.1 Å². The summed E-state index contributed by atoms with van der Waals surface area (Å²) in [6.45, 7) is 2.23. The largest absolute Gasteiger partial charge is 0.342 e. The standard InChI is InChI=1S/C11H12Cl2N2O5S/c1-3-4-14(2)11(16)8-5-7(15(17)18)6-9(10(8)12)21(13,19)20/h5-6H,3-4H2,1-2H3. The summed E-state index contributed by atoms with van der Waals surface area (Å²) < 4.78 is 22.9. The molecule has 0 saturated carbocycles. The van der Waals surface area contributed by atoms with E-state index in [1.807, 2.05) is 6.92 Å². The number of nitrogens with zero attached hydrogens (tertiary/aromatic N) is 2. The van der Waals surface area contributed by atoms with Crippen molar-refractivity contribution >= 4 is 42.9 Å². The molecule has 0 heterocycles. The van der Waals surface area contributed by atoms with E-state index in [1.165, 1.54) is 11.9 Å². The third-order valence-corrected chi connectivity index (χ3v) is 4.50. The minimum absolute atomic E-state index is 0.277. The van der Waals surface area contributed by atoms with Gasteiger partial charge in [0.15, 0.2) is 0 Å². The SMILES string of the molecule is CCCN(C)C(=O)c1cc([N+](=O)[O-])cc(S(=O)(=O)Cl)c1Cl. The summed E-state index contributed by atoms with van der Waals surface area (Å²) in [7, 11) is 2.36. The fourth-order valence-electron chi connectivity index (χ4n) is 1.66. The topological polar surface area (TPSA) is 97.6 Å². The van der Waals surface area contributed by atoms with E-state index in [0.29, 0.717) is 13.0 Å². The van der Waals surface area contributed by atoms with Gasteiger partial charge in [0.2, 0.25) is 0 Å². The van der Waals surface area contributed by atoms with Crippen LogP contribution in [0.4, 0.5) is 5.69 Å². The highest BCUT2D eigenvalue weighted by Gasteiger charge is 2.27. The Morgan fingerprint density at radius 3 is 2.43 bits per heavy atom. The van der Waals surface area contributed by atoms with E-state index in [-0.39, 0.29) is 5.56 Å². The number of hydrogen-bond acceptors (Lipinski definition) is 5. The second kappa shape index (κ2) is 6.59. The summed E-state index contributed by atoms with van der Waals surface area (Å²) >= 11 is 5.88. The first-order valence-electron chi connectivity index (χ1n) is 5.77. The third kappa shape index (κ3) is 4.05. The molecule has 0 saturated heterocycles. The average molecular weight is 355 g/mol. The molecule has 0 aromatic heterocycles. The second-order valence-corrected chi connectivity index (χ2v) is 7.14. The van der Waals surface area contributed by atoms with Crippen molar-refractivity contribution in [2.75, 3.05) is 13.6 Å². The van der Waals surface area contributed by atoms with E-state index in [9.17, 15) is 23.3 Å². The van der Waals surface area contributed by atoms with Crippen molar-refractivity contribution in [2.24, 2.45) is 0 Å². The fourth-order valence-corrected chi connectivity index (χ4v) is 3.23. The Labute approximate surface area is 131 Å². The molecule has 0 N–H and O–H groups in total. The summed E-state index contributed by atoms with van der Waals surface area (Å²) in [5, 5.41) is 10.4. The van der Waals surface area contributed by atoms with Gasteiger partial charge in [-0.05, 0) is 6.42 Å². The van der Waals surface area contributed by atoms with Gasteiger partial charge in [0.25, 0.3) is 20.6 Å². The summed E-state index contributed by atoms with van der Waals surface area (Å²) in [5.74, 6) is -0.618. The van der Waals surface area contributed by atoms with Crippen LogP contribution in [0.25, 0.3) is 0 Å². The first-order chi connectivity index (χ1) is 9.59. The highest BCUT2D eigenvalue weighted by Crippen LogP contribution is 2.33. The van der Waals surface area contributed by atoms with Crippen molar-refractivity contribution < 1.29 is 18.1 Å². The Morgan fingerprint density at radius 2 is 2.00 bits per heavy atom. The molecule has 0 fully saturated rings. The first kappa shape index (κ1) is 17.7. The van der Waals surface area contributed by atoms with Crippen LogP contribution in [0, 0.1) is 10.1 Å². The Balaban J connectivity index is 3.55. The molecule has 116 valence electrons. The maximum atomic E-state index is 12.2. The summed E-state index contributed by atoms with van der Waals surface area (Å²) in [6.07, 6.45) is 0.662. The fraction of sp³-hybridized carbons (Fsp3) is 0.364. The number of benzene rings is 1. The van der Waals surface area contributed by atoms with Crippen LogP contribution in [0.5, 0.6) is 0 Å². The third-order valence-electron chi connectivity index (χ3n) is 2.63. The van der Waals surface area contributed by atoms with Crippen LogP contribution in [-0.2, 0) is 9.05 Å². The van der Waals surface area contributed by atoms with E-state index in [1.54, 1.807) is 0 Å². The van der Waals surface area contributed by atoms with E-state index >= 15 is 0 Å². The zero-order chi connectivity index (χ0) is 16.4. The molecule has 0 aliphatic rings. The van der Waals surface area contributed by atoms with Crippen LogP contribution < -0.4 is 0 Å². The number of nitro groups is 1. The highest BCUT2D eigenvalue weighted by molar-refractivity contribution is 8.13. The minimum Gasteiger partial charge on any atom is -0.342 e. The van der Waals surface area contributed by atoms with Gasteiger partial charge >= 0.3 is 0 Å². The van der Waals surface area contributed by atoms with Gasteiger partial charge in [0.05, 0.1) is 15.5 Å². The van der Waals surface area contributed by atoms with Gasteiger partial charge in [-0.1, -0.05) is 18.5 Å². The molecule has 1 aromatic rings. The van der Waals surface area contributed by atoms with Gasteiger partial charge < -0.3 is 4.90 Å². The molecule has 1 amide bonds. The smallest absolute Gasteiger partial charge is 0.271 e. The number of rotatable bonds is 5. The maximum absolute atomic E-state index is 12.2. The molecule has 1 aromatic carbocycles. The number of halogens is 2. The molecule has 10 heteroatoms. The van der Waals surface area contributed by atoms with Crippen LogP contribution in [0.1, 0.15) is 23.7 Å². The van der Waals surface area contributed by atoms with E-state index in [4.69, 9.17) is 22.3 Å². The average Bonchev–Trinajstić information content (AvgIpc) is 2.36. The van der Waals surface area contributed by atoms with Crippen molar-refractivity contribution in [2.45, 2.75) is 18.2 Å². The molecule has 0 bridgehead atoms. The van der Waals surface area contributed by atoms with Crippen molar-refractivity contribution in [3.05, 3.63) is 32.8 Å². The van der Waals surface area contributed by atoms with E-state index < -0.39 is 35.5 Å². The number of non-ortho nitro benzene ring substituents is 1. The zero-order valence-corrected chi connectivity index (χ0v) is 13.5. The maximum Gasteiger partial charge on any atom is 0.271 e. The molecule has 21 heavy (non-hydrogen) atoms.